The van der Waals surface area contributed by atoms with Gasteiger partial charge in [-0.25, -0.2) is 13.8 Å². The van der Waals surface area contributed by atoms with Crippen molar-refractivity contribution in [1.29, 1.82) is 0 Å². The molecular formula is C18H20F2N2O. The van der Waals surface area contributed by atoms with Gasteiger partial charge in [-0.15, -0.1) is 0 Å². The van der Waals surface area contributed by atoms with Gasteiger partial charge in [0.05, 0.1) is 30.4 Å². The molecular weight excluding hydrogens is 298 g/mol. The highest BCUT2D eigenvalue weighted by Gasteiger charge is 2.37. The number of aromatic nitrogens is 2. The van der Waals surface area contributed by atoms with E-state index in [1.54, 1.807) is 18.6 Å². The van der Waals surface area contributed by atoms with Gasteiger partial charge in [0.15, 0.2) is 0 Å². The van der Waals surface area contributed by atoms with E-state index in [4.69, 9.17) is 0 Å². The zero-order valence-corrected chi connectivity index (χ0v) is 12.9. The number of aliphatic hydroxyl groups is 1. The normalized spacial score (nSPS) is 29.3. The van der Waals surface area contributed by atoms with Crippen molar-refractivity contribution in [3.63, 3.8) is 0 Å². The first kappa shape index (κ1) is 14.8. The Bertz CT molecular complexity index is 720. The van der Waals surface area contributed by atoms with Crippen LogP contribution >= 0.6 is 0 Å². The van der Waals surface area contributed by atoms with Crippen LogP contribution in [0.15, 0.2) is 30.7 Å². The standard InChI is InChI=1S/C18H20F2N2O/c19-14-3-1-2-13-16-10-21-11-22(16)15(17(13)14)6-9-18(20)7-4-12(23)5-8-18/h1-3,10-12,15,23H,4-9H2. The minimum atomic E-state index is -1.24. The molecule has 1 saturated carbocycles. The monoisotopic (exact) mass is 318 g/mol. The second-order valence-electron chi connectivity index (χ2n) is 6.82. The van der Waals surface area contributed by atoms with Gasteiger partial charge in [0, 0.05) is 11.1 Å². The number of benzene rings is 1. The summed E-state index contributed by atoms with van der Waals surface area (Å²) in [5, 5.41) is 9.56. The minimum Gasteiger partial charge on any atom is -0.393 e. The van der Waals surface area contributed by atoms with E-state index in [2.05, 4.69) is 4.98 Å². The first-order valence-electron chi connectivity index (χ1n) is 8.25. The number of imidazole rings is 1. The number of alkyl halides is 1. The van der Waals surface area contributed by atoms with Crippen molar-refractivity contribution in [2.45, 2.75) is 56.3 Å². The molecule has 2 heterocycles. The lowest BCUT2D eigenvalue weighted by atomic mass is 9.80. The smallest absolute Gasteiger partial charge is 0.129 e. The lowest BCUT2D eigenvalue weighted by Crippen LogP contribution is -2.32. The summed E-state index contributed by atoms with van der Waals surface area (Å²) in [6.45, 7) is 0. The molecule has 5 heteroatoms. The molecule has 0 spiro atoms. The maximum absolute atomic E-state index is 14.9. The van der Waals surface area contributed by atoms with Gasteiger partial charge >= 0.3 is 0 Å². The largest absolute Gasteiger partial charge is 0.393 e. The number of halogens is 2. The van der Waals surface area contributed by atoms with Crippen molar-refractivity contribution in [2.75, 3.05) is 0 Å². The second kappa shape index (κ2) is 5.41. The van der Waals surface area contributed by atoms with Gasteiger partial charge in [-0.3, -0.25) is 0 Å². The number of nitrogens with zero attached hydrogens (tertiary/aromatic N) is 2. The lowest BCUT2D eigenvalue weighted by molar-refractivity contribution is 0.0252. The van der Waals surface area contributed by atoms with Crippen LogP contribution in [0.3, 0.4) is 0 Å². The summed E-state index contributed by atoms with van der Waals surface area (Å²) in [4.78, 5) is 4.16. The van der Waals surface area contributed by atoms with Gasteiger partial charge in [-0.1, -0.05) is 12.1 Å². The number of rotatable bonds is 3. The van der Waals surface area contributed by atoms with Crippen molar-refractivity contribution in [1.82, 2.24) is 9.55 Å². The third-order valence-corrected chi connectivity index (χ3v) is 5.38. The third-order valence-electron chi connectivity index (χ3n) is 5.38. The van der Waals surface area contributed by atoms with Gasteiger partial charge in [-0.05, 0) is 44.6 Å². The summed E-state index contributed by atoms with van der Waals surface area (Å²) in [5.74, 6) is -0.233. The van der Waals surface area contributed by atoms with Crippen molar-refractivity contribution in [3.05, 3.63) is 42.1 Å². The molecule has 1 aliphatic carbocycles. The van der Waals surface area contributed by atoms with Gasteiger partial charge in [0.25, 0.3) is 0 Å². The molecule has 0 saturated heterocycles. The van der Waals surface area contributed by atoms with E-state index < -0.39 is 5.67 Å². The molecule has 2 aromatic rings. The second-order valence-corrected chi connectivity index (χ2v) is 6.82. The zero-order chi connectivity index (χ0) is 16.0. The van der Waals surface area contributed by atoms with Crippen molar-refractivity contribution < 1.29 is 13.9 Å². The van der Waals surface area contributed by atoms with Crippen LogP contribution in [-0.2, 0) is 0 Å². The minimum absolute atomic E-state index is 0.192. The molecule has 0 amide bonds. The Balaban J connectivity index is 1.58. The molecule has 3 nitrogen and oxygen atoms in total. The maximum atomic E-state index is 14.9. The summed E-state index contributed by atoms with van der Waals surface area (Å²) >= 11 is 0. The quantitative estimate of drug-likeness (QED) is 0.928. The van der Waals surface area contributed by atoms with E-state index in [1.165, 1.54) is 6.07 Å². The van der Waals surface area contributed by atoms with Gasteiger partial charge in [0.1, 0.15) is 11.5 Å². The van der Waals surface area contributed by atoms with Crippen molar-refractivity contribution in [2.24, 2.45) is 0 Å². The Morgan fingerprint density at radius 1 is 1.30 bits per heavy atom. The van der Waals surface area contributed by atoms with Crippen LogP contribution in [0, 0.1) is 5.82 Å². The first-order chi connectivity index (χ1) is 11.1. The fourth-order valence-corrected chi connectivity index (χ4v) is 4.05. The van der Waals surface area contributed by atoms with Crippen molar-refractivity contribution >= 4 is 0 Å². The Morgan fingerprint density at radius 3 is 2.87 bits per heavy atom. The summed E-state index contributed by atoms with van der Waals surface area (Å²) in [6.07, 6.45) is 5.81. The zero-order valence-electron chi connectivity index (χ0n) is 12.9. The van der Waals surface area contributed by atoms with Crippen LogP contribution in [0.25, 0.3) is 11.3 Å². The van der Waals surface area contributed by atoms with Gasteiger partial charge in [-0.2, -0.15) is 0 Å². The molecule has 2 aliphatic rings. The predicted molar refractivity (Wildman–Crippen MR) is 83.3 cm³/mol. The van der Waals surface area contributed by atoms with E-state index in [0.29, 0.717) is 44.1 Å². The van der Waals surface area contributed by atoms with Crippen LogP contribution in [0.2, 0.25) is 0 Å². The average Bonchev–Trinajstić information content (AvgIpc) is 3.11. The molecule has 1 unspecified atom stereocenters. The molecule has 1 atom stereocenters. The molecule has 1 N–H and O–H groups in total. The van der Waals surface area contributed by atoms with Gasteiger partial charge < -0.3 is 9.67 Å². The Morgan fingerprint density at radius 2 is 2.09 bits per heavy atom. The molecule has 0 bridgehead atoms. The van der Waals surface area contributed by atoms with E-state index >= 15 is 0 Å². The fourth-order valence-electron chi connectivity index (χ4n) is 4.05. The topological polar surface area (TPSA) is 38.1 Å². The van der Waals surface area contributed by atoms with Crippen LogP contribution in [-0.4, -0.2) is 26.4 Å². The maximum Gasteiger partial charge on any atom is 0.129 e. The van der Waals surface area contributed by atoms with Crippen LogP contribution in [0.1, 0.15) is 50.1 Å². The van der Waals surface area contributed by atoms with Crippen LogP contribution < -0.4 is 0 Å². The molecule has 1 aromatic carbocycles. The molecule has 23 heavy (non-hydrogen) atoms. The summed E-state index contributed by atoms with van der Waals surface area (Å²) < 4.78 is 31.2. The van der Waals surface area contributed by atoms with Crippen LogP contribution in [0.5, 0.6) is 0 Å². The predicted octanol–water partition coefficient (Wildman–Crippen LogP) is 4.02. The summed E-state index contributed by atoms with van der Waals surface area (Å²) in [7, 11) is 0. The van der Waals surface area contributed by atoms with E-state index in [-0.39, 0.29) is 18.0 Å². The SMILES string of the molecule is OC1CCC(F)(CCC2c3c(F)cccc3-c3cncn32)CC1. The molecule has 4 rings (SSSR count). The molecule has 1 aliphatic heterocycles. The van der Waals surface area contributed by atoms with E-state index in [9.17, 15) is 13.9 Å². The number of fused-ring (bicyclic) bond motifs is 3. The highest BCUT2D eigenvalue weighted by atomic mass is 19.1. The average molecular weight is 318 g/mol. The first-order valence-corrected chi connectivity index (χ1v) is 8.25. The molecule has 0 radical (unpaired) electrons. The lowest BCUT2D eigenvalue weighted by Gasteiger charge is -2.33. The molecule has 122 valence electrons. The fraction of sp³-hybridized carbons (Fsp3) is 0.500. The number of hydrogen-bond acceptors (Lipinski definition) is 2. The Labute approximate surface area is 134 Å². The molecule has 1 fully saturated rings. The molecule has 1 aromatic heterocycles. The van der Waals surface area contributed by atoms with Crippen LogP contribution in [0.4, 0.5) is 8.78 Å². The van der Waals surface area contributed by atoms with Gasteiger partial charge in [0.2, 0.25) is 0 Å². The summed E-state index contributed by atoms with van der Waals surface area (Å²) in [6, 6.07) is 4.87. The number of aliphatic hydroxyl groups excluding tert-OH is 1. The highest BCUT2D eigenvalue weighted by Crippen LogP contribution is 2.45. The van der Waals surface area contributed by atoms with E-state index in [1.807, 2.05) is 10.6 Å². The van der Waals surface area contributed by atoms with Crippen molar-refractivity contribution in [3.8, 4) is 11.3 Å². The Hall–Kier alpha value is -1.75. The highest BCUT2D eigenvalue weighted by molar-refractivity contribution is 5.69. The third kappa shape index (κ3) is 2.47. The summed E-state index contributed by atoms with van der Waals surface area (Å²) in [5.41, 5.74) is 1.17. The van der Waals surface area contributed by atoms with E-state index in [0.717, 1.165) is 11.3 Å². The Kier molecular flexibility index (Phi) is 3.48. The number of hydrogen-bond donors (Lipinski definition) is 1.